The Morgan fingerprint density at radius 1 is 0.389 bits per heavy atom. The molecule has 0 heterocycles. The molecule has 0 spiro atoms. The summed E-state index contributed by atoms with van der Waals surface area (Å²) in [5.74, 6) is -12.9. The van der Waals surface area contributed by atoms with Crippen LogP contribution in [0.3, 0.4) is 0 Å². The summed E-state index contributed by atoms with van der Waals surface area (Å²) in [6.45, 7) is -1.72. The Bertz CT molecular complexity index is 3010. The molecule has 39 heteroatoms. The number of hydrogen-bond acceptors (Lipinski definition) is 27. The molecule has 528 valence electrons. The van der Waals surface area contributed by atoms with Crippen LogP contribution in [0.4, 0.5) is 11.4 Å². The number of likely N-dealkylation sites (N-methyl/N-ethyl adjacent to an activating group) is 2. The maximum atomic E-state index is 14.8. The number of halogens is 6. The smallest absolute Gasteiger partial charge is 0.303 e. The zero-order valence-corrected chi connectivity index (χ0v) is 62.1. The van der Waals surface area contributed by atoms with Gasteiger partial charge >= 0.3 is 47.8 Å². The Morgan fingerprint density at radius 2 is 0.653 bits per heavy atom. The Labute approximate surface area is 593 Å². The van der Waals surface area contributed by atoms with Crippen molar-refractivity contribution >= 4 is 190 Å². The van der Waals surface area contributed by atoms with Crippen LogP contribution in [0.1, 0.15) is 96.8 Å². The lowest BCUT2D eigenvalue weighted by atomic mass is 10.1. The summed E-state index contributed by atoms with van der Waals surface area (Å²) in [6, 6.07) is 0. The molecule has 0 bridgehead atoms. The number of rotatable bonds is 36. The number of anilines is 2. The molecule has 2 aromatic rings. The van der Waals surface area contributed by atoms with Gasteiger partial charge in [0.25, 0.3) is 35.4 Å². The Morgan fingerprint density at radius 3 is 0.916 bits per heavy atom. The number of aliphatic hydroxyl groups excluding tert-OH is 4. The molecule has 6 unspecified atom stereocenters. The lowest BCUT2D eigenvalue weighted by molar-refractivity contribution is -0.156. The van der Waals surface area contributed by atoms with Crippen LogP contribution in [0.25, 0.3) is 0 Å². The van der Waals surface area contributed by atoms with Crippen LogP contribution in [0.15, 0.2) is 26.8 Å². The van der Waals surface area contributed by atoms with Crippen LogP contribution < -0.4 is 20.4 Å². The number of nitrogens with zero attached hydrogens (tertiary/aromatic N) is 4. The van der Waals surface area contributed by atoms with Gasteiger partial charge in [-0.2, -0.15) is 0 Å². The van der Waals surface area contributed by atoms with Crippen molar-refractivity contribution < 1.29 is 130 Å². The van der Waals surface area contributed by atoms with Crippen molar-refractivity contribution in [3.63, 3.8) is 0 Å². The summed E-state index contributed by atoms with van der Waals surface area (Å²) in [6.07, 6.45) is -8.74. The molecule has 0 aromatic heterocycles. The fourth-order valence-corrected chi connectivity index (χ4v) is 14.4. The number of carbonyl (C=O) groups excluding carboxylic acids is 14. The predicted octanol–water partition coefficient (Wildman–Crippen LogP) is 1.93. The molecule has 0 saturated carbocycles. The molecular formula is C56H70Br6N6O27. The molecule has 0 aliphatic heterocycles. The number of benzene rings is 2. The first kappa shape index (κ1) is 84.8. The van der Waals surface area contributed by atoms with E-state index in [1.54, 1.807) is 0 Å². The van der Waals surface area contributed by atoms with Crippen molar-refractivity contribution in [3.8, 4) is 0 Å². The number of ether oxygens (including phenoxy) is 9. The number of aliphatic hydroxyl groups is 4. The fourth-order valence-electron chi connectivity index (χ4n) is 8.15. The van der Waals surface area contributed by atoms with Crippen LogP contribution in [-0.4, -0.2) is 256 Å². The molecule has 95 heavy (non-hydrogen) atoms. The van der Waals surface area contributed by atoms with Crippen LogP contribution in [-0.2, 0) is 90.6 Å². The fraction of sp³-hybridized carbons (Fsp3) is 0.536. The summed E-state index contributed by atoms with van der Waals surface area (Å²) in [5, 5.41) is 47.4. The van der Waals surface area contributed by atoms with Crippen molar-refractivity contribution in [1.29, 1.82) is 0 Å². The standard InChI is InChI=1S/C56H70Br6N6O27/c1-25(71)88-19-35(92-29(5)75)11-63-53(83)41-45(57)43(55(85)65(9)15-37(94-31(7)77)21-90-27(3)73)49(61)51(47(41)59)67(13-33(79)17-69)39(81)23-87-24-40(82)68(14-34(80)18-70)52-48(60)42(54(84)64-12-36(93-30(6)76)20-89-26(2)72)46(58)44(50(52)62)56(86)66(10)16-38(95-32(8)78)22-91-28(4)74/h33-38,69-70,79-80H,11-24H2,1-10H3,(H,63,83)(H,64,84). The number of esters is 8. The van der Waals surface area contributed by atoms with Gasteiger partial charge in [-0.1, -0.05) is 0 Å². The zero-order valence-electron chi connectivity index (χ0n) is 52.6. The van der Waals surface area contributed by atoms with E-state index in [0.29, 0.717) is 0 Å². The van der Waals surface area contributed by atoms with Crippen LogP contribution >= 0.6 is 95.6 Å². The average Bonchev–Trinajstić information content (AvgIpc) is 0.762. The summed E-state index contributed by atoms with van der Waals surface area (Å²) in [5.41, 5.74) is -2.73. The van der Waals surface area contributed by atoms with E-state index in [0.717, 1.165) is 75.0 Å². The quantitative estimate of drug-likeness (QED) is 0.0419. The Kier molecular flexibility index (Phi) is 36.7. The van der Waals surface area contributed by atoms with Crippen molar-refractivity contribution in [2.24, 2.45) is 0 Å². The minimum absolute atomic E-state index is 0.303. The summed E-state index contributed by atoms with van der Waals surface area (Å²) in [7, 11) is 2.46. The first-order valence-electron chi connectivity index (χ1n) is 27.8. The van der Waals surface area contributed by atoms with E-state index in [-0.39, 0.29) is 26.8 Å². The largest absolute Gasteiger partial charge is 0.462 e. The van der Waals surface area contributed by atoms with E-state index in [9.17, 15) is 87.5 Å². The van der Waals surface area contributed by atoms with Crippen molar-refractivity contribution in [2.45, 2.75) is 92.0 Å². The van der Waals surface area contributed by atoms with Gasteiger partial charge in [-0.05, 0) is 95.6 Å². The molecule has 0 aliphatic rings. The van der Waals surface area contributed by atoms with Gasteiger partial charge in [0.05, 0.1) is 116 Å². The topological polar surface area (TPSA) is 440 Å². The van der Waals surface area contributed by atoms with E-state index >= 15 is 0 Å². The minimum atomic E-state index is -1.81. The molecule has 2 rings (SSSR count). The first-order chi connectivity index (χ1) is 44.3. The van der Waals surface area contributed by atoms with Crippen LogP contribution in [0.2, 0.25) is 0 Å². The first-order valence-corrected chi connectivity index (χ1v) is 32.5. The van der Waals surface area contributed by atoms with E-state index in [1.807, 2.05) is 0 Å². The molecule has 0 radical (unpaired) electrons. The summed E-state index contributed by atoms with van der Waals surface area (Å²) in [4.78, 5) is 187. The zero-order chi connectivity index (χ0) is 72.5. The van der Waals surface area contributed by atoms with Crippen molar-refractivity contribution in [1.82, 2.24) is 20.4 Å². The Balaban J connectivity index is 3.03. The summed E-state index contributed by atoms with van der Waals surface area (Å²) >= 11 is 20.1. The normalized spacial score (nSPS) is 12.8. The number of hydrogen-bond donors (Lipinski definition) is 6. The second-order valence-electron chi connectivity index (χ2n) is 20.2. The highest BCUT2D eigenvalue weighted by Gasteiger charge is 2.38. The van der Waals surface area contributed by atoms with Gasteiger partial charge in [0.2, 0.25) is 0 Å². The van der Waals surface area contributed by atoms with Gasteiger partial charge in [-0.3, -0.25) is 67.1 Å². The van der Waals surface area contributed by atoms with Crippen molar-refractivity contribution in [3.05, 3.63) is 49.1 Å². The molecule has 0 aliphatic carbocycles. The van der Waals surface area contributed by atoms with E-state index < -0.39 is 246 Å². The van der Waals surface area contributed by atoms with Gasteiger partial charge in [-0.15, -0.1) is 0 Å². The van der Waals surface area contributed by atoms with Crippen LogP contribution in [0, 0.1) is 0 Å². The third-order valence-electron chi connectivity index (χ3n) is 12.1. The minimum Gasteiger partial charge on any atom is -0.462 e. The highest BCUT2D eigenvalue weighted by Crippen LogP contribution is 2.47. The maximum absolute atomic E-state index is 14.8. The third kappa shape index (κ3) is 27.3. The lowest BCUT2D eigenvalue weighted by Gasteiger charge is -2.31. The number of carbonyl (C=O) groups is 14. The second-order valence-corrected chi connectivity index (χ2v) is 24.9. The highest BCUT2D eigenvalue weighted by molar-refractivity contribution is 9.12. The molecule has 6 atom stereocenters. The number of amides is 6. The van der Waals surface area contributed by atoms with E-state index in [1.165, 1.54) is 14.1 Å². The van der Waals surface area contributed by atoms with Gasteiger partial charge < -0.3 is 93.3 Å². The average molecular weight is 1740 g/mol. The molecule has 2 aromatic carbocycles. The lowest BCUT2D eigenvalue weighted by Crippen LogP contribution is -2.44. The number of nitrogens with one attached hydrogen (secondary N) is 2. The molecule has 0 fully saturated rings. The maximum Gasteiger partial charge on any atom is 0.303 e. The van der Waals surface area contributed by atoms with Crippen molar-refractivity contribution in [2.75, 3.05) is 116 Å². The predicted molar refractivity (Wildman–Crippen MR) is 348 cm³/mol. The molecule has 6 N–H and O–H groups in total. The molecule has 0 saturated heterocycles. The molecular weight excluding hydrogens is 1670 g/mol. The van der Waals surface area contributed by atoms with Gasteiger partial charge in [-0.25, -0.2) is 0 Å². The highest BCUT2D eigenvalue weighted by atomic mass is 79.9. The van der Waals surface area contributed by atoms with E-state index in [4.69, 9.17) is 42.6 Å². The van der Waals surface area contributed by atoms with Gasteiger partial charge in [0.15, 0.2) is 24.4 Å². The summed E-state index contributed by atoms with van der Waals surface area (Å²) < 4.78 is 44.8. The second kappa shape index (κ2) is 41.1. The van der Waals surface area contributed by atoms with E-state index in [2.05, 4.69) is 106 Å². The SMILES string of the molecule is CC(=O)OCC(CNC(=O)c1c(Br)c(C(=O)N(C)CC(COC(C)=O)OC(C)=O)c(Br)c(N(CC(O)CO)C(=O)COCC(=O)N(CC(O)CO)c2c(Br)c(C(=O)NCC(COC(C)=O)OC(C)=O)c(Br)c(C(=O)N(C)CC(COC(C)=O)OC(C)=O)c2Br)c1Br)OC(C)=O. The molecule has 33 nitrogen and oxygen atoms in total. The Hall–Kier alpha value is -6.30. The third-order valence-corrected chi connectivity index (χ3v) is 16.8. The van der Waals surface area contributed by atoms with Gasteiger partial charge in [0.1, 0.15) is 39.6 Å². The van der Waals surface area contributed by atoms with Gasteiger partial charge in [0, 0.05) is 78.4 Å². The monoisotopic (exact) mass is 1730 g/mol. The molecule has 6 amide bonds. The van der Waals surface area contributed by atoms with Crippen LogP contribution in [0.5, 0.6) is 0 Å².